The van der Waals surface area contributed by atoms with Gasteiger partial charge in [0.05, 0.1) is 6.61 Å². The fraction of sp³-hybridized carbons (Fsp3) is 0.211. The van der Waals surface area contributed by atoms with Gasteiger partial charge in [-0.25, -0.2) is 9.18 Å². The third-order valence-corrected chi connectivity index (χ3v) is 4.95. The molecule has 6 nitrogen and oxygen atoms in total. The van der Waals surface area contributed by atoms with E-state index in [1.807, 2.05) is 59.8 Å². The first kappa shape index (κ1) is 19.4. The molecule has 0 radical (unpaired) electrons. The number of aldehydes is 1. The molecule has 0 fully saturated rings. The summed E-state index contributed by atoms with van der Waals surface area (Å²) in [6.07, 6.45) is 0.574. The van der Waals surface area contributed by atoms with Gasteiger partial charge in [0, 0.05) is 15.7 Å². The van der Waals surface area contributed by atoms with Crippen molar-refractivity contribution in [2.45, 2.75) is 26.7 Å². The largest absolute Gasteiger partial charge is 0.369 e. The van der Waals surface area contributed by atoms with Crippen molar-refractivity contribution >= 4 is 28.9 Å². The van der Waals surface area contributed by atoms with Crippen molar-refractivity contribution in [1.29, 1.82) is 0 Å². The van der Waals surface area contributed by atoms with Gasteiger partial charge < -0.3 is 4.74 Å². The zero-order chi connectivity index (χ0) is 19.4. The van der Waals surface area contributed by atoms with E-state index in [-0.39, 0.29) is 17.9 Å². The van der Waals surface area contributed by atoms with Crippen LogP contribution in [-0.2, 0) is 24.5 Å². The van der Waals surface area contributed by atoms with Gasteiger partial charge in [0.2, 0.25) is 0 Å². The molecule has 2 aromatic carbocycles. The molecule has 0 aliphatic heterocycles. The summed E-state index contributed by atoms with van der Waals surface area (Å²) in [4.78, 5) is 23.6. The first-order valence-corrected chi connectivity index (χ1v) is 9.38. The van der Waals surface area contributed by atoms with E-state index in [1.54, 1.807) is 0 Å². The first-order valence-electron chi connectivity index (χ1n) is 8.30. The van der Waals surface area contributed by atoms with Crippen molar-refractivity contribution in [3.8, 4) is 5.69 Å². The van der Waals surface area contributed by atoms with Crippen LogP contribution in [0.15, 0.2) is 47.3 Å². The number of hydrogen-bond acceptors (Lipinski definition) is 4. The lowest BCUT2D eigenvalue weighted by molar-refractivity contribution is 0.0989. The van der Waals surface area contributed by atoms with Gasteiger partial charge >= 0.3 is 5.69 Å². The second kappa shape index (κ2) is 8.57. The topological polar surface area (TPSA) is 66.1 Å². The molecule has 0 aliphatic carbocycles. The molecule has 3 rings (SSSR count). The molecule has 8 heteroatoms. The molecule has 3 aromatic rings. The van der Waals surface area contributed by atoms with Crippen molar-refractivity contribution in [3.05, 3.63) is 79.3 Å². The van der Waals surface area contributed by atoms with E-state index in [4.69, 9.17) is 4.74 Å². The Hall–Kier alpha value is -2.33. The van der Waals surface area contributed by atoms with Crippen molar-refractivity contribution in [1.82, 2.24) is 14.3 Å². The molecule has 1 heterocycles. The van der Waals surface area contributed by atoms with Crippen LogP contribution in [0.5, 0.6) is 0 Å². The highest BCUT2D eigenvalue weighted by Crippen LogP contribution is 2.19. The molecule has 27 heavy (non-hydrogen) atoms. The fourth-order valence-corrected chi connectivity index (χ4v) is 3.23. The van der Waals surface area contributed by atoms with Crippen molar-refractivity contribution in [3.63, 3.8) is 0 Å². The van der Waals surface area contributed by atoms with E-state index >= 15 is 0 Å². The normalized spacial score (nSPS) is 10.9. The lowest BCUT2D eigenvalue weighted by atomic mass is 10.2. The Kier molecular flexibility index (Phi) is 6.17. The SMILES string of the molecule is CCn1c(COCc2ccccc2)nn(-c2cc(I)c(C=O)cc2F)c1=O. The lowest BCUT2D eigenvalue weighted by Crippen LogP contribution is -2.24. The standard InChI is InChI=1S/C19H17FIN3O3/c1-2-23-18(12-27-11-13-6-4-3-5-7-13)22-24(19(23)26)17-9-16(21)14(10-25)8-15(17)20/h3-10H,2,11-12H2,1H3. The van der Waals surface area contributed by atoms with Gasteiger partial charge in [0.15, 0.2) is 12.1 Å². The summed E-state index contributed by atoms with van der Waals surface area (Å²) in [5, 5.41) is 4.25. The summed E-state index contributed by atoms with van der Waals surface area (Å²) in [5.41, 5.74) is 0.787. The number of aromatic nitrogens is 3. The van der Waals surface area contributed by atoms with E-state index < -0.39 is 11.5 Å². The van der Waals surface area contributed by atoms with Gasteiger partial charge in [-0.05, 0) is 47.2 Å². The Morgan fingerprint density at radius 3 is 2.63 bits per heavy atom. The molecule has 0 spiro atoms. The van der Waals surface area contributed by atoms with Gasteiger partial charge in [-0.2, -0.15) is 4.68 Å². The van der Waals surface area contributed by atoms with Gasteiger partial charge in [0.1, 0.15) is 18.1 Å². The molecule has 0 unspecified atom stereocenters. The van der Waals surface area contributed by atoms with Gasteiger partial charge in [-0.1, -0.05) is 30.3 Å². The quantitative estimate of drug-likeness (QED) is 0.384. The van der Waals surface area contributed by atoms with Gasteiger partial charge in [0.25, 0.3) is 0 Å². The van der Waals surface area contributed by atoms with E-state index in [2.05, 4.69) is 5.10 Å². The number of rotatable bonds is 7. The minimum absolute atomic E-state index is 0.00603. The van der Waals surface area contributed by atoms with Crippen molar-refractivity contribution in [2.75, 3.05) is 0 Å². The maximum Gasteiger partial charge on any atom is 0.350 e. The number of nitrogens with zero attached hydrogens (tertiary/aromatic N) is 3. The summed E-state index contributed by atoms with van der Waals surface area (Å²) >= 11 is 1.92. The van der Waals surface area contributed by atoms with Gasteiger partial charge in [-0.15, -0.1) is 5.10 Å². The number of ether oxygens (including phenoxy) is 1. The smallest absolute Gasteiger partial charge is 0.350 e. The molecule has 0 atom stereocenters. The minimum Gasteiger partial charge on any atom is -0.369 e. The molecule has 140 valence electrons. The maximum atomic E-state index is 14.4. The van der Waals surface area contributed by atoms with Crippen molar-refractivity contribution < 1.29 is 13.9 Å². The monoisotopic (exact) mass is 481 g/mol. The van der Waals surface area contributed by atoms with E-state index in [0.717, 1.165) is 16.3 Å². The predicted molar refractivity (Wildman–Crippen MR) is 106 cm³/mol. The number of carbonyl (C=O) groups excluding carboxylic acids is 1. The number of carbonyl (C=O) groups is 1. The van der Waals surface area contributed by atoms with Crippen LogP contribution in [0.25, 0.3) is 5.69 Å². The Morgan fingerprint density at radius 1 is 1.22 bits per heavy atom. The highest BCUT2D eigenvalue weighted by atomic mass is 127. The summed E-state index contributed by atoms with van der Waals surface area (Å²) < 4.78 is 23.1. The van der Waals surface area contributed by atoms with Crippen LogP contribution in [-0.4, -0.2) is 20.6 Å². The van der Waals surface area contributed by atoms with Crippen LogP contribution >= 0.6 is 22.6 Å². The Labute approximate surface area is 168 Å². The highest BCUT2D eigenvalue weighted by molar-refractivity contribution is 14.1. The van der Waals surface area contributed by atoms with Crippen molar-refractivity contribution in [2.24, 2.45) is 0 Å². The zero-order valence-electron chi connectivity index (χ0n) is 14.6. The molecule has 0 N–H and O–H groups in total. The second-order valence-corrected chi connectivity index (χ2v) is 6.94. The second-order valence-electron chi connectivity index (χ2n) is 5.78. The molecule has 0 saturated heterocycles. The summed E-state index contributed by atoms with van der Waals surface area (Å²) in [5.74, 6) is -0.274. The average Bonchev–Trinajstić information content (AvgIpc) is 2.99. The third-order valence-electron chi connectivity index (χ3n) is 4.02. The summed E-state index contributed by atoms with van der Waals surface area (Å²) in [7, 11) is 0. The number of benzene rings is 2. The molecular formula is C19H17FIN3O3. The van der Waals surface area contributed by atoms with E-state index in [9.17, 15) is 14.0 Å². The molecule has 0 amide bonds. The van der Waals surface area contributed by atoms with Gasteiger partial charge in [-0.3, -0.25) is 9.36 Å². The Balaban J connectivity index is 1.89. The molecule has 1 aromatic heterocycles. The Bertz CT molecular complexity index is 1020. The third kappa shape index (κ3) is 4.16. The minimum atomic E-state index is -0.683. The number of halogens is 2. The van der Waals surface area contributed by atoms with Crippen LogP contribution in [0.3, 0.4) is 0 Å². The maximum absolute atomic E-state index is 14.4. The van der Waals surface area contributed by atoms with Crippen LogP contribution in [0.2, 0.25) is 0 Å². The number of hydrogen-bond donors (Lipinski definition) is 0. The lowest BCUT2D eigenvalue weighted by Gasteiger charge is -2.05. The van der Waals surface area contributed by atoms with Crippen LogP contribution in [0.1, 0.15) is 28.7 Å². The predicted octanol–water partition coefficient (Wildman–Crippen LogP) is 3.33. The highest BCUT2D eigenvalue weighted by Gasteiger charge is 2.18. The van der Waals surface area contributed by atoms with E-state index in [1.165, 1.54) is 10.6 Å². The summed E-state index contributed by atoms with van der Waals surface area (Å²) in [6, 6.07) is 12.2. The zero-order valence-corrected chi connectivity index (χ0v) is 16.7. The average molecular weight is 481 g/mol. The first-order chi connectivity index (χ1) is 13.0. The van der Waals surface area contributed by atoms with Crippen LogP contribution in [0, 0.1) is 9.39 Å². The molecule has 0 bridgehead atoms. The van der Waals surface area contributed by atoms with Crippen LogP contribution < -0.4 is 5.69 Å². The molecule has 0 saturated carbocycles. The summed E-state index contributed by atoms with van der Waals surface area (Å²) in [6.45, 7) is 2.69. The molecule has 0 aliphatic rings. The molecular weight excluding hydrogens is 464 g/mol. The van der Waals surface area contributed by atoms with E-state index in [0.29, 0.717) is 28.8 Å². The fourth-order valence-electron chi connectivity index (χ4n) is 2.66. The Morgan fingerprint density at radius 2 is 1.96 bits per heavy atom. The van der Waals surface area contributed by atoms with Crippen LogP contribution in [0.4, 0.5) is 4.39 Å².